The Hall–Kier alpha value is -1.68. The van der Waals surface area contributed by atoms with Crippen LogP contribution in [-0.4, -0.2) is 130 Å². The highest BCUT2D eigenvalue weighted by Gasteiger charge is 2.45. The molecule has 4 heterocycles. The monoisotopic (exact) mass is 1740 g/mol. The van der Waals surface area contributed by atoms with Crippen molar-refractivity contribution in [1.82, 2.24) is 0 Å². The Morgan fingerprint density at radius 3 is 0.631 bits per heavy atom. The number of epoxide rings is 2. The number of ether oxygens (including phenoxy) is 4. The largest absolute Gasteiger partial charge is 0.461 e. The van der Waals surface area contributed by atoms with E-state index in [0.29, 0.717) is 53.6 Å². The van der Waals surface area contributed by atoms with Crippen molar-refractivity contribution in [3.63, 3.8) is 0 Å². The van der Waals surface area contributed by atoms with E-state index in [9.17, 15) is 19.8 Å². The second kappa shape index (κ2) is 68.4. The lowest BCUT2D eigenvalue weighted by Crippen LogP contribution is -2.47. The molecular formula is C109H218O13. The Kier molecular flexibility index (Phi) is 69.7. The summed E-state index contributed by atoms with van der Waals surface area (Å²) in [5.74, 6) is 19.7. The van der Waals surface area contributed by atoms with E-state index < -0.39 is 0 Å². The van der Waals surface area contributed by atoms with E-state index in [4.69, 9.17) is 44.5 Å². The van der Waals surface area contributed by atoms with Crippen molar-refractivity contribution in [3.8, 4) is 0 Å². The number of carbonyl (C=O) groups excluding carboxylic acids is 2. The van der Waals surface area contributed by atoms with Gasteiger partial charge in [-0.2, -0.15) is 0 Å². The molecule has 7 N–H and O–H groups in total. The van der Waals surface area contributed by atoms with Gasteiger partial charge in [0.15, 0.2) is 0 Å². The second-order valence-electron chi connectivity index (χ2n) is 47.0. The van der Waals surface area contributed by atoms with E-state index in [0.717, 1.165) is 125 Å². The van der Waals surface area contributed by atoms with Crippen LogP contribution in [0.15, 0.2) is 12.2 Å². The van der Waals surface area contributed by atoms with Crippen molar-refractivity contribution in [2.24, 2.45) is 189 Å². The maximum atomic E-state index is 11.1. The predicted molar refractivity (Wildman–Crippen MR) is 524 cm³/mol. The second-order valence-corrected chi connectivity index (χ2v) is 47.0. The zero-order valence-electron chi connectivity index (χ0n) is 88.2. The Balaban J connectivity index is -0.00000135. The highest BCUT2D eigenvalue weighted by molar-refractivity contribution is 5.78. The van der Waals surface area contributed by atoms with Gasteiger partial charge in [0.25, 0.3) is 0 Å². The molecular weight excluding hydrogens is 1520 g/mol. The van der Waals surface area contributed by atoms with E-state index in [-0.39, 0.29) is 117 Å². The van der Waals surface area contributed by atoms with Crippen molar-refractivity contribution < 1.29 is 64.3 Å². The third kappa shape index (κ3) is 61.8. The molecule has 13 heteroatoms. The lowest BCUT2D eigenvalue weighted by molar-refractivity contribution is -0.190. The van der Waals surface area contributed by atoms with Crippen LogP contribution < -0.4 is 0 Å². The highest BCUT2D eigenvalue weighted by atomic mass is 16.6. The minimum absolute atomic E-state index is 0.0136. The fourth-order valence-electron chi connectivity index (χ4n) is 22.4. The molecule has 4 aliphatic rings. The van der Waals surface area contributed by atoms with Crippen LogP contribution in [0.1, 0.15) is 405 Å². The quantitative estimate of drug-likeness (QED) is 0.0171. The number of hydrogen-bond donors (Lipinski definition) is 7. The summed E-state index contributed by atoms with van der Waals surface area (Å²) in [4.78, 5) is 22.2. The maximum absolute atomic E-state index is 11.1. The number of esters is 2. The highest BCUT2D eigenvalue weighted by Crippen LogP contribution is 2.40. The number of allylic oxidation sites excluding steroid dienone is 1. The fourth-order valence-corrected chi connectivity index (χ4v) is 22.4. The van der Waals surface area contributed by atoms with Gasteiger partial charge in [0.2, 0.25) is 0 Å². The van der Waals surface area contributed by atoms with Gasteiger partial charge in [0.1, 0.15) is 24.4 Å². The van der Waals surface area contributed by atoms with Crippen molar-refractivity contribution in [1.29, 1.82) is 0 Å². The van der Waals surface area contributed by atoms with E-state index in [2.05, 4.69) is 248 Å². The first-order chi connectivity index (χ1) is 56.5. The van der Waals surface area contributed by atoms with Gasteiger partial charge in [-0.15, -0.1) is 0 Å². The first-order valence-electron chi connectivity index (χ1n) is 51.3. The minimum atomic E-state index is -0.377. The molecule has 4 aliphatic heterocycles. The van der Waals surface area contributed by atoms with Crippen LogP contribution in [0.3, 0.4) is 0 Å². The van der Waals surface area contributed by atoms with E-state index in [1.807, 2.05) is 33.8 Å². The average Bonchev–Trinajstić information content (AvgIpc) is 1.20. The summed E-state index contributed by atoms with van der Waals surface area (Å²) in [6.07, 6.45) is 30.8. The molecule has 4 rings (SSSR count). The minimum Gasteiger partial charge on any atom is -0.461 e. The van der Waals surface area contributed by atoms with Crippen molar-refractivity contribution in [2.45, 2.75) is 454 Å². The molecule has 0 saturated carbocycles. The number of hydrogen-bond acceptors (Lipinski definition) is 13. The van der Waals surface area contributed by atoms with E-state index >= 15 is 0 Å². The van der Waals surface area contributed by atoms with E-state index in [1.54, 1.807) is 0 Å². The van der Waals surface area contributed by atoms with Gasteiger partial charge >= 0.3 is 11.9 Å². The van der Waals surface area contributed by atoms with Gasteiger partial charge in [-0.3, -0.25) is 9.59 Å². The van der Waals surface area contributed by atoms with Crippen molar-refractivity contribution in [3.05, 3.63) is 12.2 Å². The SMILES string of the molecule is CC(C)C[C@@H](C)C[C@@H](C)C[C@@H](C)/C=C/CO.CC(C)C[C@@H](C)C[C@@H](C)C[C@@H](C)[C@@H](O)[C@@H](C)CO.CC(C)C[C@@H](C)C[C@@H](C)C[C@@H](C)[C@@H]1OC(=O)[C@H]1C.CC(C)C[C@@H](C)C[C@@H](C)C[C@@H](C)[C@@H]1O[C@H]1CO.CC(C)C[C@@H](C)C[C@@H](C)C[C@@H](C)[C@H](O)[C@H](C)CO.CC(C)C[C@@H](C)C[C@@H](C)C[C@@H](C)[C@H]1OC(=O)[C@@H]1C.CC(C)C[C@@H](C)C[C@@H](C)C[C@@H](C)[C@H]1O[C@@H]1CO. The molecule has 13 nitrogen and oxygen atoms in total. The number of aliphatic hydroxyl groups is 7. The summed E-state index contributed by atoms with van der Waals surface area (Å²) in [5, 5.41) is 64.9. The number of rotatable bonds is 56. The summed E-state index contributed by atoms with van der Waals surface area (Å²) in [5.41, 5.74) is 0. The summed E-state index contributed by atoms with van der Waals surface area (Å²) >= 11 is 0. The van der Waals surface area contributed by atoms with Crippen LogP contribution in [0.4, 0.5) is 0 Å². The van der Waals surface area contributed by atoms with Crippen LogP contribution in [0.5, 0.6) is 0 Å². The molecule has 4 saturated heterocycles. The molecule has 732 valence electrons. The number of carbonyl (C=O) groups is 2. The zero-order chi connectivity index (χ0) is 94.9. The van der Waals surface area contributed by atoms with Crippen molar-refractivity contribution >= 4 is 11.9 Å². The topological polar surface area (TPSA) is 219 Å². The Labute approximate surface area is 760 Å². The Morgan fingerprint density at radius 2 is 0.459 bits per heavy atom. The molecule has 122 heavy (non-hydrogen) atoms. The Morgan fingerprint density at radius 1 is 0.262 bits per heavy atom. The van der Waals surface area contributed by atoms with Gasteiger partial charge in [-0.05, 0) is 314 Å². The molecule has 0 aromatic heterocycles. The van der Waals surface area contributed by atoms with Gasteiger partial charge in [-0.1, -0.05) is 268 Å². The lowest BCUT2D eigenvalue weighted by Gasteiger charge is -2.38. The number of aliphatic hydroxyl groups excluding tert-OH is 7. The van der Waals surface area contributed by atoms with Crippen molar-refractivity contribution in [2.75, 3.05) is 33.0 Å². The van der Waals surface area contributed by atoms with Crippen LogP contribution >= 0.6 is 0 Å². The molecule has 0 aromatic carbocycles. The first-order valence-corrected chi connectivity index (χ1v) is 51.3. The van der Waals surface area contributed by atoms with Gasteiger partial charge in [0.05, 0.1) is 56.1 Å². The normalized spacial score (nSPS) is 24.9. The van der Waals surface area contributed by atoms with Gasteiger partial charge in [0, 0.05) is 25.0 Å². The third-order valence-electron chi connectivity index (χ3n) is 26.7. The first kappa shape index (κ1) is 124. The van der Waals surface area contributed by atoms with Gasteiger partial charge < -0.3 is 54.7 Å². The van der Waals surface area contributed by atoms with Crippen LogP contribution in [0.25, 0.3) is 0 Å². The smallest absolute Gasteiger partial charge is 0.312 e. The average molecular weight is 1740 g/mol. The van der Waals surface area contributed by atoms with Gasteiger partial charge in [-0.25, -0.2) is 0 Å². The molecule has 0 amide bonds. The van der Waals surface area contributed by atoms with E-state index in [1.165, 1.54) is 122 Å². The molecule has 4 fully saturated rings. The molecule has 0 bridgehead atoms. The lowest BCUT2D eigenvalue weighted by atomic mass is 9.80. The molecule has 0 aromatic rings. The summed E-state index contributed by atoms with van der Waals surface area (Å²) in [7, 11) is 0. The summed E-state index contributed by atoms with van der Waals surface area (Å²) in [6, 6.07) is 0. The standard InChI is InChI=1S/2C16H30O2.2C16H34O2.2C15H30O2.C15H30O/c2*1-10(2)7-11(3)8-12(4)9-13(5)15-14(6)16(17)18-15;2*1-11(2)7-12(3)8-13(4)9-14(5)16(18)15(6)10-17;2*1-10(2)6-11(3)7-12(4)8-13(5)15-14(9-16)17-15;1-12(2)9-14(4)11-15(5)10-13(3)7-6-8-16/h2*10-15H,7-9H2,1-6H3;2*11-18H,7-10H2,1-6H3;2*10-16H,6-9H2,1-5H3;6-7,12-16H,8-11H2,1-5H3/b;;;;;;7-6+/t11-,12-,13-,14+,15+;11-,12-,13-,14-,15-;12-,13-,14-,15+,16-;12-,13-,14-,15-,16+;11-,12-,13-,14+,15+;11-,12-,13-,14-,15-;13-,14+,15-/m1111110/s1. The molecule has 0 radical (unpaired) electrons. The maximum Gasteiger partial charge on any atom is 0.312 e. The molecule has 0 spiro atoms. The summed E-state index contributed by atoms with van der Waals surface area (Å²) in [6.45, 7) is 88.6. The fraction of sp³-hybridized carbons (Fsp3) is 0.963. The molecule has 0 aliphatic carbocycles. The predicted octanol–water partition coefficient (Wildman–Crippen LogP) is 27.2. The molecule has 0 unspecified atom stereocenters. The zero-order valence-corrected chi connectivity index (χ0v) is 88.2. The van der Waals surface area contributed by atoms with Crippen LogP contribution in [0, 0.1) is 189 Å². The Bertz CT molecular complexity index is 2350. The number of cyclic esters (lactones) is 2. The third-order valence-corrected chi connectivity index (χ3v) is 26.7. The summed E-state index contributed by atoms with van der Waals surface area (Å²) < 4.78 is 21.4. The van der Waals surface area contributed by atoms with Crippen LogP contribution in [-0.2, 0) is 28.5 Å². The molecule has 33 atom stereocenters. The van der Waals surface area contributed by atoms with Crippen LogP contribution in [0.2, 0.25) is 0 Å².